The van der Waals surface area contributed by atoms with Gasteiger partial charge in [-0.15, -0.1) is 0 Å². The molecule has 1 saturated heterocycles. The lowest BCUT2D eigenvalue weighted by molar-refractivity contribution is -0.208. The van der Waals surface area contributed by atoms with Crippen LogP contribution in [-0.4, -0.2) is 57.8 Å². The van der Waals surface area contributed by atoms with Crippen LogP contribution >= 0.6 is 11.6 Å². The zero-order chi connectivity index (χ0) is 29.4. The number of piperidine rings is 1. The average molecular weight is 588 g/mol. The van der Waals surface area contributed by atoms with Gasteiger partial charge in [0.05, 0.1) is 22.3 Å². The SMILES string of the molecule is CC1(C)C(=O)Nc2cccc(CCc3nc(Nc4ccc(C5CCCN(CC(O)C(F)(F)F)C5)cc4)ncc3Cl)c21. The Hall–Kier alpha value is -3.21. The van der Waals surface area contributed by atoms with Crippen LogP contribution in [0.4, 0.5) is 30.5 Å². The third-order valence-corrected chi connectivity index (χ3v) is 8.31. The number of β-amino-alcohol motifs (C(OH)–C–C–N with tert-alkyl or cyclic N) is 1. The first-order chi connectivity index (χ1) is 19.4. The number of carbonyl (C=O) groups excluding carboxylic acids is 1. The van der Waals surface area contributed by atoms with E-state index in [1.807, 2.05) is 56.3 Å². The quantitative estimate of drug-likeness (QED) is 0.300. The molecule has 2 atom stereocenters. The standard InChI is InChI=1S/C30H33ClF3N5O2/c1-29(2)26-19(5-3-7-24(26)37-27(29)41)10-13-23-22(31)15-35-28(38-23)36-21-11-8-18(9-12-21)20-6-4-14-39(16-20)17-25(40)30(32,33)34/h3,5,7-9,11-12,15,20,25,40H,4,6,10,13-14,16-17H2,1-2H3,(H,37,41)(H,35,36,38). The fraction of sp³-hybridized carbons (Fsp3) is 0.433. The number of aromatic nitrogens is 2. The summed E-state index contributed by atoms with van der Waals surface area (Å²) in [6.45, 7) is 4.44. The number of nitrogens with zero attached hydrogens (tertiary/aromatic N) is 3. The van der Waals surface area contributed by atoms with Crippen LogP contribution in [0.1, 0.15) is 55.0 Å². The van der Waals surface area contributed by atoms with E-state index < -0.39 is 24.2 Å². The van der Waals surface area contributed by atoms with E-state index in [9.17, 15) is 23.1 Å². The summed E-state index contributed by atoms with van der Waals surface area (Å²) in [5.74, 6) is 0.475. The van der Waals surface area contributed by atoms with Crippen LogP contribution in [0.2, 0.25) is 5.02 Å². The van der Waals surface area contributed by atoms with Crippen molar-refractivity contribution in [2.45, 2.75) is 63.1 Å². The number of aliphatic hydroxyl groups excluding tert-OH is 1. The van der Waals surface area contributed by atoms with Crippen LogP contribution < -0.4 is 10.6 Å². The van der Waals surface area contributed by atoms with E-state index in [2.05, 4.69) is 20.6 Å². The summed E-state index contributed by atoms with van der Waals surface area (Å²) >= 11 is 6.44. The Morgan fingerprint density at radius 2 is 1.95 bits per heavy atom. The highest BCUT2D eigenvalue weighted by Crippen LogP contribution is 2.40. The number of benzene rings is 2. The number of nitrogens with one attached hydrogen (secondary N) is 2. The Balaban J connectivity index is 1.22. The molecule has 3 heterocycles. The molecule has 41 heavy (non-hydrogen) atoms. The monoisotopic (exact) mass is 587 g/mol. The number of rotatable bonds is 8. The Kier molecular flexibility index (Phi) is 8.27. The number of hydrogen-bond acceptors (Lipinski definition) is 6. The molecule has 3 aromatic rings. The number of likely N-dealkylation sites (tertiary alicyclic amines) is 1. The predicted octanol–water partition coefficient (Wildman–Crippen LogP) is 5.99. The summed E-state index contributed by atoms with van der Waals surface area (Å²) in [5, 5.41) is 16.1. The molecule has 1 aromatic heterocycles. The van der Waals surface area contributed by atoms with Crippen LogP contribution in [0, 0.1) is 0 Å². The maximum Gasteiger partial charge on any atom is 0.415 e. The van der Waals surface area contributed by atoms with Crippen molar-refractivity contribution in [1.29, 1.82) is 0 Å². The number of amides is 1. The fourth-order valence-electron chi connectivity index (χ4n) is 5.74. The zero-order valence-corrected chi connectivity index (χ0v) is 23.7. The second kappa shape index (κ2) is 11.6. The van der Waals surface area contributed by atoms with Gasteiger partial charge in [-0.05, 0) is 86.9 Å². The molecular formula is C30H33ClF3N5O2. The van der Waals surface area contributed by atoms with Crippen molar-refractivity contribution in [3.63, 3.8) is 0 Å². The van der Waals surface area contributed by atoms with Crippen molar-refractivity contribution >= 4 is 34.8 Å². The lowest BCUT2D eigenvalue weighted by Gasteiger charge is -2.34. The lowest BCUT2D eigenvalue weighted by Crippen LogP contribution is -2.44. The molecule has 0 spiro atoms. The summed E-state index contributed by atoms with van der Waals surface area (Å²) in [6.07, 6.45) is -2.51. The highest BCUT2D eigenvalue weighted by Gasteiger charge is 2.40. The molecule has 0 bridgehead atoms. The first-order valence-electron chi connectivity index (χ1n) is 13.7. The third-order valence-electron chi connectivity index (χ3n) is 7.99. The van der Waals surface area contributed by atoms with Gasteiger partial charge < -0.3 is 15.7 Å². The number of hydrogen-bond donors (Lipinski definition) is 3. The average Bonchev–Trinajstić information content (AvgIpc) is 3.17. The first kappa shape index (κ1) is 29.3. The van der Waals surface area contributed by atoms with Gasteiger partial charge >= 0.3 is 6.18 Å². The maximum absolute atomic E-state index is 12.8. The Morgan fingerprint density at radius 1 is 1.20 bits per heavy atom. The summed E-state index contributed by atoms with van der Waals surface area (Å²) in [7, 11) is 0. The summed E-state index contributed by atoms with van der Waals surface area (Å²) in [5.41, 5.74) is 4.81. The van der Waals surface area contributed by atoms with Gasteiger partial charge in [0.15, 0.2) is 6.10 Å². The maximum atomic E-state index is 12.8. The topological polar surface area (TPSA) is 90.4 Å². The minimum Gasteiger partial charge on any atom is -0.382 e. The van der Waals surface area contributed by atoms with Gasteiger partial charge in [-0.25, -0.2) is 9.97 Å². The molecule has 2 aliphatic rings. The van der Waals surface area contributed by atoms with Crippen LogP contribution in [0.5, 0.6) is 0 Å². The molecule has 7 nitrogen and oxygen atoms in total. The lowest BCUT2D eigenvalue weighted by atomic mass is 9.82. The van der Waals surface area contributed by atoms with Crippen LogP contribution in [-0.2, 0) is 23.1 Å². The fourth-order valence-corrected chi connectivity index (χ4v) is 5.93. The molecule has 0 radical (unpaired) electrons. The van der Waals surface area contributed by atoms with E-state index in [1.54, 1.807) is 11.1 Å². The number of aliphatic hydroxyl groups is 1. The van der Waals surface area contributed by atoms with Gasteiger partial charge in [0.1, 0.15) is 0 Å². The van der Waals surface area contributed by atoms with Crippen LogP contribution in [0.3, 0.4) is 0 Å². The number of carbonyl (C=O) groups is 1. The van der Waals surface area contributed by atoms with Gasteiger partial charge in [0, 0.05) is 24.5 Å². The summed E-state index contributed by atoms with van der Waals surface area (Å²) < 4.78 is 38.4. The molecule has 2 aromatic carbocycles. The van der Waals surface area contributed by atoms with E-state index in [-0.39, 0.29) is 11.8 Å². The Labute approximate surface area is 242 Å². The van der Waals surface area contributed by atoms with Gasteiger partial charge in [-0.3, -0.25) is 9.69 Å². The molecule has 11 heteroatoms. The van der Waals surface area contributed by atoms with E-state index in [1.165, 1.54) is 0 Å². The smallest absolute Gasteiger partial charge is 0.382 e. The Bertz CT molecular complexity index is 1410. The predicted molar refractivity (Wildman–Crippen MR) is 153 cm³/mol. The molecular weight excluding hydrogens is 555 g/mol. The summed E-state index contributed by atoms with van der Waals surface area (Å²) in [4.78, 5) is 23.1. The van der Waals surface area contributed by atoms with Crippen molar-refractivity contribution in [3.05, 3.63) is 76.1 Å². The molecule has 5 rings (SSSR count). The number of alkyl halides is 3. The second-order valence-corrected chi connectivity index (χ2v) is 11.7. The minimum absolute atomic E-state index is 0.0152. The van der Waals surface area contributed by atoms with Crippen molar-refractivity contribution in [1.82, 2.24) is 14.9 Å². The van der Waals surface area contributed by atoms with Crippen molar-refractivity contribution < 1.29 is 23.1 Å². The third kappa shape index (κ3) is 6.50. The van der Waals surface area contributed by atoms with Crippen LogP contribution in [0.25, 0.3) is 0 Å². The molecule has 0 aliphatic carbocycles. The van der Waals surface area contributed by atoms with E-state index >= 15 is 0 Å². The molecule has 0 saturated carbocycles. The molecule has 1 amide bonds. The second-order valence-electron chi connectivity index (χ2n) is 11.3. The molecule has 3 N–H and O–H groups in total. The van der Waals surface area contributed by atoms with Crippen molar-refractivity contribution in [3.8, 4) is 0 Å². The Morgan fingerprint density at radius 3 is 2.68 bits per heavy atom. The van der Waals surface area contributed by atoms with Crippen LogP contribution in [0.15, 0.2) is 48.7 Å². The minimum atomic E-state index is -4.61. The molecule has 2 unspecified atom stereocenters. The van der Waals surface area contributed by atoms with Crippen molar-refractivity contribution in [2.75, 3.05) is 30.3 Å². The number of halogens is 4. The number of fused-ring (bicyclic) bond motifs is 1. The van der Waals surface area contributed by atoms with Gasteiger partial charge in [0.25, 0.3) is 0 Å². The van der Waals surface area contributed by atoms with E-state index in [0.29, 0.717) is 42.6 Å². The largest absolute Gasteiger partial charge is 0.415 e. The molecule has 218 valence electrons. The van der Waals surface area contributed by atoms with E-state index in [0.717, 1.165) is 40.9 Å². The highest BCUT2D eigenvalue weighted by atomic mass is 35.5. The normalized spacial score (nSPS) is 19.5. The van der Waals surface area contributed by atoms with Gasteiger partial charge in [-0.2, -0.15) is 13.2 Å². The number of aryl methyl sites for hydroxylation is 2. The van der Waals surface area contributed by atoms with Gasteiger partial charge in [0.2, 0.25) is 11.9 Å². The molecule has 2 aliphatic heterocycles. The van der Waals surface area contributed by atoms with Gasteiger partial charge in [-0.1, -0.05) is 35.9 Å². The van der Waals surface area contributed by atoms with E-state index in [4.69, 9.17) is 11.6 Å². The highest BCUT2D eigenvalue weighted by molar-refractivity contribution is 6.31. The zero-order valence-electron chi connectivity index (χ0n) is 22.9. The first-order valence-corrected chi connectivity index (χ1v) is 14.1. The van der Waals surface area contributed by atoms with Crippen molar-refractivity contribution in [2.24, 2.45) is 0 Å². The number of anilines is 3. The summed E-state index contributed by atoms with van der Waals surface area (Å²) in [6, 6.07) is 13.6. The molecule has 1 fully saturated rings.